The number of phenolic OH excluding ortho intramolecular Hbond substituents is 1. The third-order valence-corrected chi connectivity index (χ3v) is 3.38. The number of nitrogens with zero attached hydrogens (tertiary/aromatic N) is 1. The van der Waals surface area contributed by atoms with Gasteiger partial charge in [-0.2, -0.15) is 0 Å². The topological polar surface area (TPSA) is 52.6 Å². The zero-order chi connectivity index (χ0) is 12.6. The number of aromatic hydroxyl groups is 1. The number of carbonyl (C=O) groups is 1. The number of hydrogen-bond donors (Lipinski definition) is 2. The minimum atomic E-state index is -0.681. The monoisotopic (exact) mass is 250 g/mol. The summed E-state index contributed by atoms with van der Waals surface area (Å²) in [5.41, 5.74) is -0.258. The first-order valence-electron chi connectivity index (χ1n) is 5.44. The van der Waals surface area contributed by atoms with Gasteiger partial charge in [0, 0.05) is 0 Å². The summed E-state index contributed by atoms with van der Waals surface area (Å²) in [6, 6.07) is 6.66. The molecule has 5 heteroatoms. The van der Waals surface area contributed by atoms with Crippen molar-refractivity contribution < 1.29 is 9.90 Å². The normalized spacial score (nSPS) is 24.0. The second-order valence-corrected chi connectivity index (χ2v) is 4.63. The van der Waals surface area contributed by atoms with Crippen LogP contribution in [0.3, 0.4) is 0 Å². The lowest BCUT2D eigenvalue weighted by Gasteiger charge is -2.20. The van der Waals surface area contributed by atoms with Gasteiger partial charge in [-0.3, -0.25) is 9.69 Å². The van der Waals surface area contributed by atoms with E-state index in [4.69, 9.17) is 12.2 Å². The smallest absolute Gasteiger partial charge is 0.258 e. The SMILES string of the molecule is CCC1(C)NC(=S)N(c2ccccc2O)C1=O. The molecule has 2 rings (SSSR count). The van der Waals surface area contributed by atoms with Gasteiger partial charge in [0.15, 0.2) is 5.11 Å². The highest BCUT2D eigenvalue weighted by Crippen LogP contribution is 2.32. The number of amides is 1. The molecule has 1 aromatic rings. The molecule has 1 aliphatic heterocycles. The molecule has 0 radical (unpaired) electrons. The summed E-state index contributed by atoms with van der Waals surface area (Å²) in [7, 11) is 0. The van der Waals surface area contributed by atoms with E-state index < -0.39 is 5.54 Å². The summed E-state index contributed by atoms with van der Waals surface area (Å²) >= 11 is 5.16. The Bertz CT molecular complexity index is 489. The Labute approximate surface area is 105 Å². The highest BCUT2D eigenvalue weighted by molar-refractivity contribution is 7.80. The number of para-hydroxylation sites is 2. The van der Waals surface area contributed by atoms with Crippen molar-refractivity contribution in [2.45, 2.75) is 25.8 Å². The molecule has 0 aromatic heterocycles. The van der Waals surface area contributed by atoms with Crippen molar-refractivity contribution in [1.82, 2.24) is 5.32 Å². The Kier molecular flexibility index (Phi) is 2.79. The van der Waals surface area contributed by atoms with E-state index in [9.17, 15) is 9.90 Å². The van der Waals surface area contributed by atoms with Gasteiger partial charge in [-0.1, -0.05) is 19.1 Å². The molecule has 0 aliphatic carbocycles. The molecule has 1 fully saturated rings. The minimum absolute atomic E-state index is 0.0466. The first-order chi connectivity index (χ1) is 7.99. The molecule has 1 atom stereocenters. The molecule has 2 N–H and O–H groups in total. The second-order valence-electron chi connectivity index (χ2n) is 4.25. The van der Waals surface area contributed by atoms with Gasteiger partial charge in [-0.15, -0.1) is 0 Å². The molecule has 1 aromatic carbocycles. The zero-order valence-corrected chi connectivity index (χ0v) is 10.5. The van der Waals surface area contributed by atoms with Crippen LogP contribution in [0.2, 0.25) is 0 Å². The summed E-state index contributed by atoms with van der Waals surface area (Å²) in [6.45, 7) is 3.73. The van der Waals surface area contributed by atoms with Crippen molar-refractivity contribution in [3.05, 3.63) is 24.3 Å². The maximum absolute atomic E-state index is 12.3. The van der Waals surface area contributed by atoms with Crippen molar-refractivity contribution >= 4 is 28.9 Å². The van der Waals surface area contributed by atoms with E-state index in [0.29, 0.717) is 17.2 Å². The summed E-state index contributed by atoms with van der Waals surface area (Å²) in [5.74, 6) is -0.0862. The maximum atomic E-state index is 12.3. The van der Waals surface area contributed by atoms with Gasteiger partial charge >= 0.3 is 0 Å². The molecule has 1 heterocycles. The van der Waals surface area contributed by atoms with E-state index in [1.807, 2.05) is 13.8 Å². The summed E-state index contributed by atoms with van der Waals surface area (Å²) in [5, 5.41) is 13.1. The predicted octanol–water partition coefficient (Wildman–Crippen LogP) is 1.78. The third kappa shape index (κ3) is 1.76. The highest BCUT2D eigenvalue weighted by Gasteiger charge is 2.45. The van der Waals surface area contributed by atoms with Crippen LogP contribution in [0.5, 0.6) is 5.75 Å². The minimum Gasteiger partial charge on any atom is -0.506 e. The van der Waals surface area contributed by atoms with E-state index >= 15 is 0 Å². The molecule has 0 bridgehead atoms. The van der Waals surface area contributed by atoms with Crippen LogP contribution >= 0.6 is 12.2 Å². The van der Waals surface area contributed by atoms with Crippen molar-refractivity contribution in [2.24, 2.45) is 0 Å². The molecular formula is C12H14N2O2S. The van der Waals surface area contributed by atoms with Crippen LogP contribution in [0.25, 0.3) is 0 Å². The van der Waals surface area contributed by atoms with E-state index in [2.05, 4.69) is 5.32 Å². The number of thiocarbonyl (C=S) groups is 1. The van der Waals surface area contributed by atoms with Crippen LogP contribution < -0.4 is 10.2 Å². The van der Waals surface area contributed by atoms with Crippen LogP contribution in [0, 0.1) is 0 Å². The summed E-state index contributed by atoms with van der Waals surface area (Å²) < 4.78 is 0. The Balaban J connectivity index is 2.45. The van der Waals surface area contributed by atoms with Crippen LogP contribution in [-0.2, 0) is 4.79 Å². The van der Waals surface area contributed by atoms with Gasteiger partial charge in [0.1, 0.15) is 11.3 Å². The molecule has 1 aliphatic rings. The van der Waals surface area contributed by atoms with Crippen LogP contribution in [0.1, 0.15) is 20.3 Å². The number of hydrogen-bond acceptors (Lipinski definition) is 3. The first-order valence-corrected chi connectivity index (χ1v) is 5.85. The quantitative estimate of drug-likeness (QED) is 0.786. The summed E-state index contributed by atoms with van der Waals surface area (Å²) in [6.07, 6.45) is 0.635. The fourth-order valence-electron chi connectivity index (χ4n) is 1.80. The Morgan fingerprint density at radius 2 is 2.12 bits per heavy atom. The van der Waals surface area contributed by atoms with Gasteiger partial charge in [0.05, 0.1) is 5.69 Å². The number of phenols is 1. The molecule has 1 unspecified atom stereocenters. The molecule has 0 saturated carbocycles. The molecule has 1 amide bonds. The largest absolute Gasteiger partial charge is 0.506 e. The third-order valence-electron chi connectivity index (χ3n) is 3.09. The molecule has 1 saturated heterocycles. The summed E-state index contributed by atoms with van der Waals surface area (Å²) in [4.78, 5) is 13.6. The Morgan fingerprint density at radius 3 is 2.65 bits per heavy atom. The average molecular weight is 250 g/mol. The first kappa shape index (κ1) is 11.9. The molecule has 90 valence electrons. The van der Waals surface area contributed by atoms with Crippen molar-refractivity contribution in [2.75, 3.05) is 4.90 Å². The molecule has 0 spiro atoms. The molecular weight excluding hydrogens is 236 g/mol. The number of rotatable bonds is 2. The second kappa shape index (κ2) is 4.00. The Morgan fingerprint density at radius 1 is 1.47 bits per heavy atom. The molecule has 4 nitrogen and oxygen atoms in total. The van der Waals surface area contributed by atoms with Crippen LogP contribution in [-0.4, -0.2) is 21.7 Å². The van der Waals surface area contributed by atoms with E-state index in [1.54, 1.807) is 18.2 Å². The van der Waals surface area contributed by atoms with E-state index in [1.165, 1.54) is 11.0 Å². The number of anilines is 1. The van der Waals surface area contributed by atoms with Crippen molar-refractivity contribution in [3.8, 4) is 5.75 Å². The predicted molar refractivity (Wildman–Crippen MR) is 70.0 cm³/mol. The van der Waals surface area contributed by atoms with Gasteiger partial charge in [-0.05, 0) is 37.7 Å². The van der Waals surface area contributed by atoms with Gasteiger partial charge in [-0.25, -0.2) is 0 Å². The molecule has 17 heavy (non-hydrogen) atoms. The maximum Gasteiger partial charge on any atom is 0.258 e. The van der Waals surface area contributed by atoms with Gasteiger partial charge < -0.3 is 10.4 Å². The van der Waals surface area contributed by atoms with Crippen LogP contribution in [0.15, 0.2) is 24.3 Å². The van der Waals surface area contributed by atoms with Crippen molar-refractivity contribution in [3.63, 3.8) is 0 Å². The Hall–Kier alpha value is -1.62. The number of benzene rings is 1. The van der Waals surface area contributed by atoms with Gasteiger partial charge in [0.25, 0.3) is 5.91 Å². The highest BCUT2D eigenvalue weighted by atomic mass is 32.1. The standard InChI is InChI=1S/C12H14N2O2S/c1-3-12(2)10(16)14(11(17)13-12)8-6-4-5-7-9(8)15/h4-7,15H,3H2,1-2H3,(H,13,17). The zero-order valence-electron chi connectivity index (χ0n) is 9.73. The lowest BCUT2D eigenvalue weighted by Crippen LogP contribution is -2.43. The fourth-order valence-corrected chi connectivity index (χ4v) is 2.20. The lowest BCUT2D eigenvalue weighted by atomic mass is 9.99. The number of carbonyl (C=O) groups excluding carboxylic acids is 1. The van der Waals surface area contributed by atoms with E-state index in [-0.39, 0.29) is 11.7 Å². The van der Waals surface area contributed by atoms with Gasteiger partial charge in [0.2, 0.25) is 0 Å². The number of nitrogens with one attached hydrogen (secondary N) is 1. The van der Waals surface area contributed by atoms with Crippen LogP contribution in [0.4, 0.5) is 5.69 Å². The fraction of sp³-hybridized carbons (Fsp3) is 0.333. The van der Waals surface area contributed by atoms with E-state index in [0.717, 1.165) is 0 Å². The average Bonchev–Trinajstić information content (AvgIpc) is 2.52. The van der Waals surface area contributed by atoms with Crippen molar-refractivity contribution in [1.29, 1.82) is 0 Å². The lowest BCUT2D eigenvalue weighted by molar-refractivity contribution is -0.121.